The fourth-order valence-corrected chi connectivity index (χ4v) is 1.62. The van der Waals surface area contributed by atoms with E-state index in [2.05, 4.69) is 0 Å². The van der Waals surface area contributed by atoms with Gasteiger partial charge in [-0.15, -0.1) is 0 Å². The van der Waals surface area contributed by atoms with Crippen LogP contribution in [0.3, 0.4) is 0 Å². The van der Waals surface area contributed by atoms with E-state index in [1.54, 1.807) is 6.07 Å². The van der Waals surface area contributed by atoms with Crippen molar-refractivity contribution in [3.8, 4) is 0 Å². The quantitative estimate of drug-likeness (QED) is 0.240. The zero-order valence-electron chi connectivity index (χ0n) is 11.3. The average molecular weight is 279 g/mol. The van der Waals surface area contributed by atoms with E-state index >= 15 is 0 Å². The molecular formula is C14H17NO5. The van der Waals surface area contributed by atoms with Crippen molar-refractivity contribution >= 4 is 17.4 Å². The summed E-state index contributed by atoms with van der Waals surface area (Å²) in [5, 5.41) is 10.8. The minimum atomic E-state index is -0.604. The van der Waals surface area contributed by atoms with Crippen molar-refractivity contribution in [2.75, 3.05) is 6.61 Å². The molecular weight excluding hydrogens is 262 g/mol. The highest BCUT2D eigenvalue weighted by Gasteiger charge is 2.19. The highest BCUT2D eigenvalue weighted by Crippen LogP contribution is 2.19. The normalized spacial score (nSPS) is 10.1. The number of benzene rings is 1. The first-order valence-corrected chi connectivity index (χ1v) is 6.48. The average Bonchev–Trinajstić information content (AvgIpc) is 2.45. The smallest absolute Gasteiger partial charge is 0.306 e. The van der Waals surface area contributed by atoms with Gasteiger partial charge in [-0.1, -0.05) is 25.5 Å². The summed E-state index contributed by atoms with van der Waals surface area (Å²) >= 11 is 0. The molecule has 0 spiro atoms. The number of unbranched alkanes of at least 4 members (excludes halogenated alkanes) is 1. The fraction of sp³-hybridized carbons (Fsp3) is 0.429. The largest absolute Gasteiger partial charge is 0.466 e. The first kappa shape index (κ1) is 15.8. The Kier molecular flexibility index (Phi) is 6.36. The van der Waals surface area contributed by atoms with Crippen LogP contribution in [0.4, 0.5) is 5.69 Å². The predicted octanol–water partition coefficient (Wildman–Crippen LogP) is 2.90. The van der Waals surface area contributed by atoms with Gasteiger partial charge < -0.3 is 4.74 Å². The molecule has 0 saturated carbocycles. The third-order valence-electron chi connectivity index (χ3n) is 2.72. The van der Waals surface area contributed by atoms with Crippen molar-refractivity contribution in [2.24, 2.45) is 0 Å². The molecule has 1 aromatic rings. The monoisotopic (exact) mass is 279 g/mol. The molecule has 6 nitrogen and oxygen atoms in total. The van der Waals surface area contributed by atoms with E-state index in [0.29, 0.717) is 6.61 Å². The Labute approximate surface area is 116 Å². The molecule has 0 radical (unpaired) electrons. The van der Waals surface area contributed by atoms with Gasteiger partial charge in [-0.25, -0.2) is 0 Å². The van der Waals surface area contributed by atoms with Crippen LogP contribution in [0.5, 0.6) is 0 Å². The molecule has 20 heavy (non-hydrogen) atoms. The summed E-state index contributed by atoms with van der Waals surface area (Å²) < 4.78 is 4.92. The van der Waals surface area contributed by atoms with Gasteiger partial charge in [0.25, 0.3) is 5.69 Å². The molecule has 0 unspecified atom stereocenters. The molecule has 0 aliphatic carbocycles. The zero-order chi connectivity index (χ0) is 15.0. The van der Waals surface area contributed by atoms with Crippen LogP contribution in [0.1, 0.15) is 43.0 Å². The van der Waals surface area contributed by atoms with Gasteiger partial charge >= 0.3 is 5.97 Å². The lowest BCUT2D eigenvalue weighted by Gasteiger charge is -2.04. The molecule has 0 bridgehead atoms. The van der Waals surface area contributed by atoms with Crippen molar-refractivity contribution < 1.29 is 19.2 Å². The molecule has 0 aliphatic rings. The molecule has 1 rings (SSSR count). The van der Waals surface area contributed by atoms with E-state index in [4.69, 9.17) is 4.74 Å². The van der Waals surface area contributed by atoms with E-state index in [0.717, 1.165) is 12.8 Å². The molecule has 0 atom stereocenters. The number of para-hydroxylation sites is 1. The number of Topliss-reactive ketones (excluding diaryl/α,β-unsaturated/α-hetero) is 1. The fourth-order valence-electron chi connectivity index (χ4n) is 1.62. The van der Waals surface area contributed by atoms with Crippen molar-refractivity contribution in [1.29, 1.82) is 0 Å². The molecule has 1 aromatic carbocycles. The number of esters is 1. The van der Waals surface area contributed by atoms with Gasteiger partial charge in [0.1, 0.15) is 0 Å². The maximum absolute atomic E-state index is 11.9. The number of nitrogens with zero attached hydrogens (tertiary/aromatic N) is 1. The molecule has 0 fully saturated rings. The third-order valence-corrected chi connectivity index (χ3v) is 2.72. The highest BCUT2D eigenvalue weighted by atomic mass is 16.6. The third kappa shape index (κ3) is 4.79. The Bertz CT molecular complexity index is 498. The number of hydrogen-bond donors (Lipinski definition) is 0. The van der Waals surface area contributed by atoms with Gasteiger partial charge in [0, 0.05) is 12.5 Å². The van der Waals surface area contributed by atoms with E-state index in [1.165, 1.54) is 18.2 Å². The second kappa shape index (κ2) is 8.04. The van der Waals surface area contributed by atoms with Crippen molar-refractivity contribution in [2.45, 2.75) is 32.6 Å². The summed E-state index contributed by atoms with van der Waals surface area (Å²) in [5.41, 5.74) is -0.212. The number of nitro groups is 1. The van der Waals surface area contributed by atoms with Crippen LogP contribution in [0.15, 0.2) is 24.3 Å². The van der Waals surface area contributed by atoms with Gasteiger partial charge in [-0.3, -0.25) is 19.7 Å². The van der Waals surface area contributed by atoms with Gasteiger partial charge in [-0.2, -0.15) is 0 Å². The molecule has 0 heterocycles. The minimum absolute atomic E-state index is 0.0267. The Balaban J connectivity index is 2.55. The van der Waals surface area contributed by atoms with Crippen molar-refractivity contribution in [3.63, 3.8) is 0 Å². The van der Waals surface area contributed by atoms with Gasteiger partial charge in [-0.05, 0) is 12.5 Å². The summed E-state index contributed by atoms with van der Waals surface area (Å²) in [6.07, 6.45) is 1.55. The maximum atomic E-state index is 11.9. The molecule has 0 aromatic heterocycles. The van der Waals surface area contributed by atoms with E-state index < -0.39 is 16.7 Å². The molecule has 0 aliphatic heterocycles. The van der Waals surface area contributed by atoms with E-state index in [-0.39, 0.29) is 24.1 Å². The second-order valence-corrected chi connectivity index (χ2v) is 4.27. The first-order chi connectivity index (χ1) is 9.56. The molecule has 0 saturated heterocycles. The van der Waals surface area contributed by atoms with Crippen LogP contribution in [0.25, 0.3) is 0 Å². The van der Waals surface area contributed by atoms with Crippen LogP contribution >= 0.6 is 0 Å². The Morgan fingerprint density at radius 1 is 1.25 bits per heavy atom. The van der Waals surface area contributed by atoms with Crippen molar-refractivity contribution in [3.05, 3.63) is 39.9 Å². The van der Waals surface area contributed by atoms with Crippen LogP contribution in [-0.2, 0) is 9.53 Å². The van der Waals surface area contributed by atoms with Crippen LogP contribution in [0, 0.1) is 10.1 Å². The Hall–Kier alpha value is -2.24. The molecule has 108 valence electrons. The number of carbonyl (C=O) groups is 2. The lowest BCUT2D eigenvalue weighted by atomic mass is 10.0. The minimum Gasteiger partial charge on any atom is -0.466 e. The first-order valence-electron chi connectivity index (χ1n) is 6.48. The molecule has 0 N–H and O–H groups in total. The number of rotatable bonds is 8. The summed E-state index contributed by atoms with van der Waals surface area (Å²) in [6.45, 7) is 2.32. The predicted molar refractivity (Wildman–Crippen MR) is 72.5 cm³/mol. The number of carbonyl (C=O) groups excluding carboxylic acids is 2. The van der Waals surface area contributed by atoms with Gasteiger partial charge in [0.15, 0.2) is 5.78 Å². The SMILES string of the molecule is CCCCOC(=O)CCC(=O)c1ccccc1[N+](=O)[O-]. The number of ether oxygens (including phenoxy) is 1. The van der Waals surface area contributed by atoms with Crippen molar-refractivity contribution in [1.82, 2.24) is 0 Å². The lowest BCUT2D eigenvalue weighted by Crippen LogP contribution is -2.10. The number of ketones is 1. The zero-order valence-corrected chi connectivity index (χ0v) is 11.3. The summed E-state index contributed by atoms with van der Waals surface area (Å²) in [5.74, 6) is -0.880. The number of nitro benzene ring substituents is 1. The second-order valence-electron chi connectivity index (χ2n) is 4.27. The van der Waals surface area contributed by atoms with Gasteiger partial charge in [0.05, 0.1) is 23.5 Å². The maximum Gasteiger partial charge on any atom is 0.306 e. The summed E-state index contributed by atoms with van der Waals surface area (Å²) in [6, 6.07) is 5.71. The molecule has 0 amide bonds. The van der Waals surface area contributed by atoms with Crippen LogP contribution in [0.2, 0.25) is 0 Å². The topological polar surface area (TPSA) is 86.5 Å². The standard InChI is InChI=1S/C14H17NO5/c1-2-3-10-20-14(17)9-8-13(16)11-6-4-5-7-12(11)15(18)19/h4-7H,2-3,8-10H2,1H3. The van der Waals surface area contributed by atoms with E-state index in [9.17, 15) is 19.7 Å². The lowest BCUT2D eigenvalue weighted by molar-refractivity contribution is -0.385. The van der Waals surface area contributed by atoms with Gasteiger partial charge in [0.2, 0.25) is 0 Å². The Morgan fingerprint density at radius 2 is 1.95 bits per heavy atom. The highest BCUT2D eigenvalue weighted by molar-refractivity contribution is 6.00. The number of hydrogen-bond acceptors (Lipinski definition) is 5. The van der Waals surface area contributed by atoms with Crippen LogP contribution in [-0.4, -0.2) is 23.3 Å². The Morgan fingerprint density at radius 3 is 2.60 bits per heavy atom. The summed E-state index contributed by atoms with van der Waals surface area (Å²) in [7, 11) is 0. The van der Waals surface area contributed by atoms with Crippen LogP contribution < -0.4 is 0 Å². The molecule has 6 heteroatoms. The summed E-state index contributed by atoms with van der Waals surface area (Å²) in [4.78, 5) is 33.5. The van der Waals surface area contributed by atoms with E-state index in [1.807, 2.05) is 6.92 Å².